The van der Waals surface area contributed by atoms with Gasteiger partial charge in [-0.25, -0.2) is 4.79 Å². The number of hydrogen-bond donors (Lipinski definition) is 1. The Kier molecular flexibility index (Phi) is 3.25. The van der Waals surface area contributed by atoms with E-state index in [-0.39, 0.29) is 5.76 Å². The van der Waals surface area contributed by atoms with E-state index in [1.807, 2.05) is 60.7 Å². The number of ether oxygens (including phenoxy) is 1. The Hall–Kier alpha value is -2.55. The zero-order valence-corrected chi connectivity index (χ0v) is 10.8. The monoisotopic (exact) mass is 266 g/mol. The van der Waals surface area contributed by atoms with Gasteiger partial charge in [0.1, 0.15) is 6.10 Å². The number of aliphatic hydroxyl groups is 1. The van der Waals surface area contributed by atoms with Crippen molar-refractivity contribution in [1.82, 2.24) is 0 Å². The third-order valence-corrected chi connectivity index (χ3v) is 3.37. The van der Waals surface area contributed by atoms with Crippen LogP contribution >= 0.6 is 0 Å². The molecule has 1 N–H and O–H groups in total. The Morgan fingerprint density at radius 2 is 1.55 bits per heavy atom. The van der Waals surface area contributed by atoms with E-state index in [1.54, 1.807) is 0 Å². The highest BCUT2D eigenvalue weighted by Crippen LogP contribution is 2.32. The van der Waals surface area contributed by atoms with Crippen molar-refractivity contribution < 1.29 is 14.6 Å². The minimum Gasteiger partial charge on any atom is -0.502 e. The zero-order valence-electron chi connectivity index (χ0n) is 10.8. The van der Waals surface area contributed by atoms with Gasteiger partial charge in [0.2, 0.25) is 5.76 Å². The second kappa shape index (κ2) is 5.21. The Morgan fingerprint density at radius 3 is 2.20 bits per heavy atom. The highest BCUT2D eigenvalue weighted by molar-refractivity contribution is 6.00. The molecule has 0 saturated carbocycles. The molecule has 0 radical (unpaired) electrons. The van der Waals surface area contributed by atoms with E-state index < -0.39 is 12.1 Å². The first-order valence-electron chi connectivity index (χ1n) is 6.49. The number of benzene rings is 2. The maximum atomic E-state index is 11.6. The van der Waals surface area contributed by atoms with Gasteiger partial charge in [-0.15, -0.1) is 0 Å². The van der Waals surface area contributed by atoms with Crippen molar-refractivity contribution in [2.75, 3.05) is 0 Å². The average Bonchev–Trinajstić information content (AvgIpc) is 2.76. The summed E-state index contributed by atoms with van der Waals surface area (Å²) in [5, 5.41) is 9.96. The van der Waals surface area contributed by atoms with Crippen molar-refractivity contribution in [3.63, 3.8) is 0 Å². The second-order valence-electron chi connectivity index (χ2n) is 4.71. The molecule has 0 aromatic heterocycles. The van der Waals surface area contributed by atoms with Gasteiger partial charge in [-0.05, 0) is 11.1 Å². The number of hydrogen-bond acceptors (Lipinski definition) is 3. The molecule has 1 heterocycles. The Balaban J connectivity index is 1.94. The summed E-state index contributed by atoms with van der Waals surface area (Å²) in [6.07, 6.45) is 0.119. The van der Waals surface area contributed by atoms with Crippen LogP contribution in [0.3, 0.4) is 0 Å². The van der Waals surface area contributed by atoms with Gasteiger partial charge in [-0.3, -0.25) is 0 Å². The van der Waals surface area contributed by atoms with Crippen LogP contribution in [0.25, 0.3) is 5.57 Å². The number of rotatable bonds is 3. The molecule has 0 bridgehead atoms. The Bertz CT molecular complexity index is 644. The molecule has 2 aromatic carbocycles. The predicted octanol–water partition coefficient (Wildman–Crippen LogP) is 3.12. The van der Waals surface area contributed by atoms with Crippen molar-refractivity contribution in [2.45, 2.75) is 12.5 Å². The molecule has 3 rings (SSSR count). The lowest BCUT2D eigenvalue weighted by Crippen LogP contribution is -2.14. The van der Waals surface area contributed by atoms with Gasteiger partial charge in [-0.1, -0.05) is 60.7 Å². The van der Waals surface area contributed by atoms with E-state index in [4.69, 9.17) is 4.74 Å². The number of carbonyl (C=O) groups is 1. The van der Waals surface area contributed by atoms with E-state index in [9.17, 15) is 9.90 Å². The van der Waals surface area contributed by atoms with Gasteiger partial charge < -0.3 is 9.84 Å². The van der Waals surface area contributed by atoms with Crippen LogP contribution in [-0.4, -0.2) is 17.2 Å². The van der Waals surface area contributed by atoms with Gasteiger partial charge in [0, 0.05) is 12.0 Å². The zero-order chi connectivity index (χ0) is 13.9. The van der Waals surface area contributed by atoms with Crippen molar-refractivity contribution in [1.29, 1.82) is 0 Å². The lowest BCUT2D eigenvalue weighted by atomic mass is 9.96. The van der Waals surface area contributed by atoms with Gasteiger partial charge in [0.05, 0.1) is 0 Å². The molecule has 0 fully saturated rings. The summed E-state index contributed by atoms with van der Waals surface area (Å²) in [6.45, 7) is 0. The molecular weight excluding hydrogens is 252 g/mol. The van der Waals surface area contributed by atoms with Crippen molar-refractivity contribution in [2.24, 2.45) is 0 Å². The van der Waals surface area contributed by atoms with Crippen molar-refractivity contribution in [3.8, 4) is 0 Å². The first-order valence-corrected chi connectivity index (χ1v) is 6.49. The van der Waals surface area contributed by atoms with Crippen LogP contribution in [-0.2, 0) is 16.0 Å². The van der Waals surface area contributed by atoms with E-state index >= 15 is 0 Å². The molecule has 2 aromatic rings. The normalized spacial score (nSPS) is 18.2. The van der Waals surface area contributed by atoms with Gasteiger partial charge >= 0.3 is 5.97 Å². The number of aliphatic hydroxyl groups excluding tert-OH is 1. The summed E-state index contributed by atoms with van der Waals surface area (Å²) in [5.74, 6) is -0.929. The Morgan fingerprint density at radius 1 is 0.950 bits per heavy atom. The molecule has 3 nitrogen and oxygen atoms in total. The third-order valence-electron chi connectivity index (χ3n) is 3.37. The molecule has 1 aliphatic rings. The maximum absolute atomic E-state index is 11.6. The summed E-state index contributed by atoms with van der Waals surface area (Å²) in [4.78, 5) is 11.6. The topological polar surface area (TPSA) is 46.5 Å². The molecule has 0 unspecified atom stereocenters. The first kappa shape index (κ1) is 12.5. The van der Waals surface area contributed by atoms with Crippen LogP contribution in [0.2, 0.25) is 0 Å². The molecule has 0 amide bonds. The molecule has 20 heavy (non-hydrogen) atoms. The summed E-state index contributed by atoms with van der Waals surface area (Å²) in [5.41, 5.74) is 2.45. The molecule has 0 spiro atoms. The minimum atomic E-state index is -0.648. The molecule has 0 saturated heterocycles. The summed E-state index contributed by atoms with van der Waals surface area (Å²) >= 11 is 0. The van der Waals surface area contributed by atoms with E-state index in [2.05, 4.69) is 0 Å². The van der Waals surface area contributed by atoms with E-state index in [0.717, 1.165) is 11.1 Å². The fourth-order valence-electron chi connectivity index (χ4n) is 2.42. The van der Waals surface area contributed by atoms with Gasteiger partial charge in [0.25, 0.3) is 0 Å². The molecule has 100 valence electrons. The van der Waals surface area contributed by atoms with Crippen LogP contribution in [0.5, 0.6) is 0 Å². The van der Waals surface area contributed by atoms with Crippen LogP contribution in [0.1, 0.15) is 11.1 Å². The van der Waals surface area contributed by atoms with Crippen molar-refractivity contribution in [3.05, 3.63) is 77.5 Å². The van der Waals surface area contributed by atoms with Gasteiger partial charge in [-0.2, -0.15) is 0 Å². The smallest absolute Gasteiger partial charge is 0.374 e. The molecule has 0 aliphatic carbocycles. The molecular formula is C17H14O3. The molecule has 1 aliphatic heterocycles. The van der Waals surface area contributed by atoms with Crippen LogP contribution in [0.4, 0.5) is 0 Å². The summed E-state index contributed by atoms with van der Waals surface area (Å²) in [6, 6.07) is 19.2. The van der Waals surface area contributed by atoms with Crippen LogP contribution < -0.4 is 0 Å². The standard InChI is InChI=1S/C17H14O3/c18-16-15(13-9-5-2-6-10-13)14(20-17(16)19)11-12-7-3-1-4-8-12/h1-10,14,18H,11H2/t14-/m1/s1. The minimum absolute atomic E-state index is 0.280. The fraction of sp³-hybridized carbons (Fsp3) is 0.118. The Labute approximate surface area is 117 Å². The average molecular weight is 266 g/mol. The van der Waals surface area contributed by atoms with Crippen LogP contribution in [0, 0.1) is 0 Å². The highest BCUT2D eigenvalue weighted by Gasteiger charge is 2.34. The largest absolute Gasteiger partial charge is 0.502 e. The summed E-state index contributed by atoms with van der Waals surface area (Å²) in [7, 11) is 0. The van der Waals surface area contributed by atoms with E-state index in [0.29, 0.717) is 12.0 Å². The van der Waals surface area contributed by atoms with Gasteiger partial charge in [0.15, 0.2) is 0 Å². The van der Waals surface area contributed by atoms with Crippen molar-refractivity contribution >= 4 is 11.5 Å². The first-order chi connectivity index (χ1) is 9.75. The number of cyclic esters (lactones) is 1. The lowest BCUT2D eigenvalue weighted by molar-refractivity contribution is -0.141. The maximum Gasteiger partial charge on any atom is 0.374 e. The quantitative estimate of drug-likeness (QED) is 0.868. The lowest BCUT2D eigenvalue weighted by Gasteiger charge is -2.14. The highest BCUT2D eigenvalue weighted by atomic mass is 16.6. The third kappa shape index (κ3) is 2.30. The summed E-state index contributed by atoms with van der Waals surface area (Å²) < 4.78 is 5.28. The second-order valence-corrected chi connectivity index (χ2v) is 4.71. The fourth-order valence-corrected chi connectivity index (χ4v) is 2.42. The van der Waals surface area contributed by atoms with Crippen LogP contribution in [0.15, 0.2) is 66.4 Å². The molecule has 3 heteroatoms. The van der Waals surface area contributed by atoms with E-state index in [1.165, 1.54) is 0 Å². The number of carbonyl (C=O) groups excluding carboxylic acids is 1. The predicted molar refractivity (Wildman–Crippen MR) is 76.0 cm³/mol. The SMILES string of the molecule is O=C1O[C@H](Cc2ccccc2)C(c2ccccc2)=C1O. The number of esters is 1. The molecule has 1 atom stereocenters.